The average Bonchev–Trinajstić information content (AvgIpc) is 1.59. The van der Waals surface area contributed by atoms with Crippen molar-refractivity contribution >= 4 is 88.7 Å². The van der Waals surface area contributed by atoms with E-state index in [9.17, 15) is 0 Å². The number of allylic oxidation sites excluding steroid dienone is 8. The van der Waals surface area contributed by atoms with Crippen molar-refractivity contribution in [2.45, 2.75) is 368 Å². The van der Waals surface area contributed by atoms with E-state index in [-0.39, 0.29) is 0 Å². The van der Waals surface area contributed by atoms with Gasteiger partial charge < -0.3 is 19.9 Å². The quantitative estimate of drug-likeness (QED) is 0.0226. The Labute approximate surface area is 816 Å². The molecule has 8 aliphatic rings. The second kappa shape index (κ2) is 47.9. The van der Waals surface area contributed by atoms with Crippen LogP contribution in [0, 0.1) is 75.1 Å². The molecule has 0 spiro atoms. The van der Waals surface area contributed by atoms with E-state index in [0.29, 0.717) is 0 Å². The highest BCUT2D eigenvalue weighted by Gasteiger charge is 2.32. The van der Waals surface area contributed by atoms with Crippen molar-refractivity contribution in [2.75, 3.05) is 0 Å². The Morgan fingerprint density at radius 3 is 0.603 bits per heavy atom. The molecule has 14 heterocycles. The Morgan fingerprint density at radius 1 is 0.221 bits per heavy atom. The van der Waals surface area contributed by atoms with Gasteiger partial charge in [-0.05, 0) is 366 Å². The predicted molar refractivity (Wildman–Crippen MR) is 587 cm³/mol. The van der Waals surface area contributed by atoms with Gasteiger partial charge in [-0.15, -0.1) is 0 Å². The average molecular weight is 1800 g/mol. The number of H-pyrrole nitrogens is 4. The molecular formula is C128H152N8. The predicted octanol–water partition coefficient (Wildman–Crippen LogP) is 36.1. The first kappa shape index (κ1) is 98.8. The van der Waals surface area contributed by atoms with Crippen LogP contribution in [0.3, 0.4) is 0 Å². The van der Waals surface area contributed by atoms with Crippen molar-refractivity contribution in [2.24, 2.45) is 0 Å². The summed E-state index contributed by atoms with van der Waals surface area (Å²) >= 11 is 0. The molecule has 0 radical (unpaired) electrons. The first-order valence-corrected chi connectivity index (χ1v) is 53.4. The Balaban J connectivity index is 1.07. The maximum absolute atomic E-state index is 6.10. The molecule has 8 heteroatoms. The zero-order valence-corrected chi connectivity index (χ0v) is 85.6. The Bertz CT molecular complexity index is 6020. The van der Waals surface area contributed by atoms with Crippen molar-refractivity contribution in [1.29, 1.82) is 0 Å². The topological polar surface area (TPSA) is 115 Å². The van der Waals surface area contributed by atoms with Gasteiger partial charge in [0.05, 0.1) is 67.6 Å². The van der Waals surface area contributed by atoms with E-state index in [1.165, 1.54) is 192 Å². The van der Waals surface area contributed by atoms with Crippen molar-refractivity contribution in [3.63, 3.8) is 0 Å². The Kier molecular flexibility index (Phi) is 34.8. The third-order valence-corrected chi connectivity index (χ3v) is 29.9. The van der Waals surface area contributed by atoms with Crippen LogP contribution >= 0.6 is 0 Å². The summed E-state index contributed by atoms with van der Waals surface area (Å²) in [5.74, 6) is 28.5. The lowest BCUT2D eigenvalue weighted by atomic mass is 9.93. The molecule has 0 saturated carbocycles. The molecule has 28 bridgehead atoms. The van der Waals surface area contributed by atoms with Crippen LogP contribution in [0.25, 0.3) is 133 Å². The molecule has 0 fully saturated rings. The van der Waals surface area contributed by atoms with Crippen molar-refractivity contribution in [3.8, 4) is 91.9 Å². The summed E-state index contributed by atoms with van der Waals surface area (Å²) in [6.07, 6.45) is 44.2. The summed E-state index contributed by atoms with van der Waals surface area (Å²) in [6, 6.07) is 45.6. The van der Waals surface area contributed by atoms with Crippen LogP contribution in [0.1, 0.15) is 427 Å². The maximum Gasteiger partial charge on any atom is 0.0769 e. The molecule has 4 aromatic carbocycles. The fraction of sp³-hybridized carbons (Fsp3) is 0.438. The summed E-state index contributed by atoms with van der Waals surface area (Å²) in [4.78, 5) is 41.6. The first-order valence-electron chi connectivity index (χ1n) is 53.4. The normalized spacial score (nSPS) is 12.9. The number of aryl methyl sites for hydroxylation is 8. The summed E-state index contributed by atoms with van der Waals surface area (Å²) in [5.41, 5.74) is 49.9. The molecule has 10 aromatic rings. The molecule has 0 aliphatic carbocycles. The number of hydrogen-bond donors (Lipinski definition) is 4. The monoisotopic (exact) mass is 1800 g/mol. The minimum absolute atomic E-state index is 0.894. The SMILES string of the molecule is CCCCCCC1=C(C)c2nc1cc1[nH]c(c(C)c1CCCCCC)c1c3nc(cc4[nH]c(c(C)c4CCCCCC)c2-c2cccc(c2)C#CC#Cc2cccc(c2)-c2c4nc(cc5[nH]c(c(C)c5CCCCCC)c(c5nc(cc6[nH]c2c(C)c6CCCCCC)C(CCCCCC)=C5C)-c2cccc(c2)C#CC#Cc2cccc-1c2)C(CCCCCC)=C4C)C(CCCCCC)=C3C. The molecule has 136 heavy (non-hydrogen) atoms. The summed E-state index contributed by atoms with van der Waals surface area (Å²) in [7, 11) is 0. The fourth-order valence-corrected chi connectivity index (χ4v) is 21.9. The molecule has 0 amide bonds. The van der Waals surface area contributed by atoms with Crippen LogP contribution in [-0.4, -0.2) is 39.9 Å². The second-order valence-electron chi connectivity index (χ2n) is 39.8. The highest BCUT2D eigenvalue weighted by atomic mass is 14.8. The molecule has 4 N–H and O–H groups in total. The van der Waals surface area contributed by atoms with Crippen LogP contribution in [0.4, 0.5) is 0 Å². The highest BCUT2D eigenvalue weighted by Crippen LogP contribution is 2.49. The number of aromatic nitrogens is 8. The van der Waals surface area contributed by atoms with Gasteiger partial charge in [0, 0.05) is 66.6 Å². The number of rotatable bonds is 40. The van der Waals surface area contributed by atoms with E-state index < -0.39 is 0 Å². The van der Waals surface area contributed by atoms with Crippen molar-refractivity contribution in [3.05, 3.63) is 234 Å². The fourth-order valence-electron chi connectivity index (χ4n) is 21.9. The first-order chi connectivity index (χ1) is 66.5. The molecule has 0 atom stereocenters. The molecule has 6 aromatic heterocycles. The molecule has 0 unspecified atom stereocenters. The van der Waals surface area contributed by atoms with Gasteiger partial charge in [-0.25, -0.2) is 19.9 Å². The summed E-state index contributed by atoms with van der Waals surface area (Å²) in [6.45, 7) is 37.5. The molecule has 704 valence electrons. The highest BCUT2D eigenvalue weighted by molar-refractivity contribution is 6.07. The van der Waals surface area contributed by atoms with E-state index in [1.807, 2.05) is 0 Å². The minimum Gasteiger partial charge on any atom is -0.354 e. The number of aromatic amines is 4. The number of benzene rings is 4. The van der Waals surface area contributed by atoms with Crippen LogP contribution < -0.4 is 0 Å². The van der Waals surface area contributed by atoms with Gasteiger partial charge >= 0.3 is 0 Å². The zero-order chi connectivity index (χ0) is 95.1. The molecule has 8 aliphatic heterocycles. The molecule has 0 saturated heterocycles. The summed E-state index contributed by atoms with van der Waals surface area (Å²) in [5, 5.41) is 0. The van der Waals surface area contributed by atoms with Gasteiger partial charge in [-0.1, -0.05) is 282 Å². The van der Waals surface area contributed by atoms with Crippen molar-refractivity contribution < 1.29 is 0 Å². The van der Waals surface area contributed by atoms with E-state index >= 15 is 0 Å². The lowest BCUT2D eigenvalue weighted by molar-refractivity contribution is 0.667. The molecule has 8 nitrogen and oxygen atoms in total. The second-order valence-corrected chi connectivity index (χ2v) is 39.8. The summed E-state index contributed by atoms with van der Waals surface area (Å²) < 4.78 is 0. The van der Waals surface area contributed by atoms with Gasteiger partial charge in [0.1, 0.15) is 0 Å². The van der Waals surface area contributed by atoms with Gasteiger partial charge in [-0.2, -0.15) is 0 Å². The zero-order valence-electron chi connectivity index (χ0n) is 85.6. The lowest BCUT2D eigenvalue weighted by Crippen LogP contribution is -1.91. The van der Waals surface area contributed by atoms with E-state index in [4.69, 9.17) is 19.9 Å². The van der Waals surface area contributed by atoms with E-state index in [2.05, 4.69) is 299 Å². The van der Waals surface area contributed by atoms with Gasteiger partial charge in [0.25, 0.3) is 0 Å². The Hall–Kier alpha value is -11.7. The maximum atomic E-state index is 6.10. The van der Waals surface area contributed by atoms with Crippen molar-refractivity contribution in [1.82, 2.24) is 39.9 Å². The van der Waals surface area contributed by atoms with Gasteiger partial charge in [0.15, 0.2) is 0 Å². The van der Waals surface area contributed by atoms with Gasteiger partial charge in [-0.3, -0.25) is 0 Å². The lowest BCUT2D eigenvalue weighted by Gasteiger charge is -2.10. The van der Waals surface area contributed by atoms with Crippen LogP contribution in [-0.2, 0) is 25.7 Å². The van der Waals surface area contributed by atoms with E-state index in [0.717, 1.165) is 311 Å². The third kappa shape index (κ3) is 22.6. The number of nitrogens with zero attached hydrogens (tertiary/aromatic N) is 4. The van der Waals surface area contributed by atoms with Crippen LogP contribution in [0.5, 0.6) is 0 Å². The van der Waals surface area contributed by atoms with E-state index in [1.54, 1.807) is 0 Å². The third-order valence-electron chi connectivity index (χ3n) is 29.9. The minimum atomic E-state index is 0.894. The Morgan fingerprint density at radius 2 is 0.412 bits per heavy atom. The van der Waals surface area contributed by atoms with Crippen LogP contribution in [0.15, 0.2) is 121 Å². The number of unbranched alkanes of at least 4 members (excludes halogenated alkanes) is 24. The largest absolute Gasteiger partial charge is 0.354 e. The number of nitrogens with one attached hydrogen (secondary N) is 4. The molecule has 18 rings (SSSR count). The van der Waals surface area contributed by atoms with Crippen LogP contribution in [0.2, 0.25) is 0 Å². The standard InChI is InChI=1S/C128H152N8/c1-17-25-33-41-69-101-85(9)121-117-97-65-53-61-93(77-97)57-49-50-58-95-63-55-67-99(79-95)119-125-89(13)105(73-45-37-29-21-5)113(133-125)83-115-107(75-47-39-31-23-7)91(15)127(135-115)120(128-92(16)108(76-48-40-32-24-8)116(136-128)84-114-106(74-46-38-30-22-6)90(14)126(119)134-114)100-68-56-64-96(80-100)60-52-51-59-94-62-54-66-98(78-94)118(123-86(10)102(70-42-34-26-18-2)110(130-123)81-109(101)129-121)124-88(12)104(72-44-36-28-20-4)112(132-124)82-111-103(71-43-35-27-19-3)87(11)122(117)131-111/h53-56,61-68,77-84,129,132-133,136H,17-48,69-76H2,1-16H3. The smallest absolute Gasteiger partial charge is 0.0769 e. The number of hydrogen-bond acceptors (Lipinski definition) is 4. The van der Waals surface area contributed by atoms with Gasteiger partial charge in [0.2, 0.25) is 0 Å². The molecular weight excluding hydrogens is 1650 g/mol.